The zero-order valence-corrected chi connectivity index (χ0v) is 11.1. The fourth-order valence-electron chi connectivity index (χ4n) is 1.28. The van der Waals surface area contributed by atoms with E-state index >= 15 is 0 Å². The number of hydrogen-bond donors (Lipinski definition) is 1. The third kappa shape index (κ3) is 5.10. The average molecular weight is 254 g/mol. The standard InChI is InChI=1S/C12H18N2O2S/c1-4-16-12(15)9(2)7-13-6-5-11-8-17-10(3)14-11/h8,13H,2,4-7H2,1,3H3. The Morgan fingerprint density at radius 2 is 2.41 bits per heavy atom. The van der Waals surface area contributed by atoms with E-state index in [2.05, 4.69) is 22.3 Å². The maximum atomic E-state index is 11.2. The molecule has 5 heteroatoms. The van der Waals surface area contributed by atoms with Gasteiger partial charge < -0.3 is 10.1 Å². The third-order valence-corrected chi connectivity index (χ3v) is 2.95. The number of rotatable bonds is 7. The van der Waals surface area contributed by atoms with E-state index in [-0.39, 0.29) is 5.97 Å². The molecule has 0 aliphatic heterocycles. The molecule has 1 aromatic heterocycles. The van der Waals surface area contributed by atoms with Gasteiger partial charge in [0.15, 0.2) is 0 Å². The van der Waals surface area contributed by atoms with Crippen LogP contribution in [0, 0.1) is 6.92 Å². The largest absolute Gasteiger partial charge is 0.463 e. The van der Waals surface area contributed by atoms with E-state index in [9.17, 15) is 4.79 Å². The van der Waals surface area contributed by atoms with Gasteiger partial charge >= 0.3 is 5.97 Å². The van der Waals surface area contributed by atoms with Gasteiger partial charge in [0.1, 0.15) is 0 Å². The molecule has 0 amide bonds. The van der Waals surface area contributed by atoms with Crippen molar-refractivity contribution in [1.29, 1.82) is 0 Å². The number of esters is 1. The van der Waals surface area contributed by atoms with Crippen LogP contribution < -0.4 is 5.32 Å². The van der Waals surface area contributed by atoms with Gasteiger partial charge in [0, 0.05) is 30.5 Å². The van der Waals surface area contributed by atoms with Gasteiger partial charge in [-0.15, -0.1) is 11.3 Å². The Hall–Kier alpha value is -1.20. The molecular formula is C12H18N2O2S. The lowest BCUT2D eigenvalue weighted by Gasteiger charge is -2.06. The molecule has 0 saturated heterocycles. The van der Waals surface area contributed by atoms with E-state index in [1.807, 2.05) is 6.92 Å². The summed E-state index contributed by atoms with van der Waals surface area (Å²) < 4.78 is 4.83. The molecule has 4 nitrogen and oxygen atoms in total. The molecule has 0 spiro atoms. The van der Waals surface area contributed by atoms with Crippen molar-refractivity contribution in [3.63, 3.8) is 0 Å². The van der Waals surface area contributed by atoms with Crippen molar-refractivity contribution in [2.45, 2.75) is 20.3 Å². The van der Waals surface area contributed by atoms with Crippen LogP contribution in [0.2, 0.25) is 0 Å². The second-order valence-electron chi connectivity index (χ2n) is 3.61. The molecule has 94 valence electrons. The van der Waals surface area contributed by atoms with Gasteiger partial charge in [0.2, 0.25) is 0 Å². The lowest BCUT2D eigenvalue weighted by molar-refractivity contribution is -0.138. The summed E-state index contributed by atoms with van der Waals surface area (Å²) in [5.74, 6) is -0.329. The van der Waals surface area contributed by atoms with E-state index in [4.69, 9.17) is 4.74 Å². The third-order valence-electron chi connectivity index (χ3n) is 2.13. The SMILES string of the molecule is C=C(CNCCc1csc(C)n1)C(=O)OCC. The van der Waals surface area contributed by atoms with Crippen LogP contribution in [0.15, 0.2) is 17.5 Å². The normalized spacial score (nSPS) is 10.2. The Morgan fingerprint density at radius 1 is 1.65 bits per heavy atom. The Morgan fingerprint density at radius 3 is 3.00 bits per heavy atom. The topological polar surface area (TPSA) is 51.2 Å². The van der Waals surface area contributed by atoms with E-state index in [0.29, 0.717) is 18.7 Å². The first-order valence-electron chi connectivity index (χ1n) is 5.60. The molecule has 0 bridgehead atoms. The highest BCUT2D eigenvalue weighted by molar-refractivity contribution is 7.09. The minimum atomic E-state index is -0.329. The Balaban J connectivity index is 2.16. The highest BCUT2D eigenvalue weighted by Gasteiger charge is 2.06. The first-order chi connectivity index (χ1) is 8.13. The fourth-order valence-corrected chi connectivity index (χ4v) is 1.93. The van der Waals surface area contributed by atoms with E-state index in [1.54, 1.807) is 18.3 Å². The zero-order valence-electron chi connectivity index (χ0n) is 10.3. The van der Waals surface area contributed by atoms with Gasteiger partial charge in [-0.3, -0.25) is 0 Å². The summed E-state index contributed by atoms with van der Waals surface area (Å²) in [6.45, 7) is 9.07. The number of aromatic nitrogens is 1. The van der Waals surface area contributed by atoms with Gasteiger partial charge in [0.05, 0.1) is 17.3 Å². The van der Waals surface area contributed by atoms with E-state index < -0.39 is 0 Å². The molecule has 0 radical (unpaired) electrons. The summed E-state index contributed by atoms with van der Waals surface area (Å²) in [5, 5.41) is 6.28. The molecule has 0 aromatic carbocycles. The minimum Gasteiger partial charge on any atom is -0.463 e. The molecule has 1 heterocycles. The van der Waals surface area contributed by atoms with Crippen LogP contribution in [0.3, 0.4) is 0 Å². The number of nitrogens with zero attached hydrogens (tertiary/aromatic N) is 1. The molecule has 0 saturated carbocycles. The molecule has 1 N–H and O–H groups in total. The summed E-state index contributed by atoms with van der Waals surface area (Å²) in [5.41, 5.74) is 1.54. The van der Waals surface area contributed by atoms with Crippen LogP contribution >= 0.6 is 11.3 Å². The number of carbonyl (C=O) groups is 1. The van der Waals surface area contributed by atoms with Crippen LogP contribution in [0.25, 0.3) is 0 Å². The summed E-state index contributed by atoms with van der Waals surface area (Å²) >= 11 is 1.65. The smallest absolute Gasteiger partial charge is 0.334 e. The van der Waals surface area contributed by atoms with Crippen molar-refractivity contribution in [3.8, 4) is 0 Å². The minimum absolute atomic E-state index is 0.329. The van der Waals surface area contributed by atoms with Crippen LogP contribution in [-0.4, -0.2) is 30.6 Å². The lowest BCUT2D eigenvalue weighted by Crippen LogP contribution is -2.23. The number of nitrogens with one attached hydrogen (secondary N) is 1. The molecule has 17 heavy (non-hydrogen) atoms. The molecule has 1 aromatic rings. The predicted octanol–water partition coefficient (Wildman–Crippen LogP) is 1.70. The van der Waals surface area contributed by atoms with Crippen molar-refractivity contribution in [3.05, 3.63) is 28.2 Å². The van der Waals surface area contributed by atoms with Crippen molar-refractivity contribution < 1.29 is 9.53 Å². The molecule has 0 fully saturated rings. The molecule has 0 atom stereocenters. The van der Waals surface area contributed by atoms with Crippen LogP contribution in [-0.2, 0) is 16.0 Å². The second-order valence-corrected chi connectivity index (χ2v) is 4.67. The quantitative estimate of drug-likeness (QED) is 0.457. The van der Waals surface area contributed by atoms with Crippen molar-refractivity contribution in [2.75, 3.05) is 19.7 Å². The summed E-state index contributed by atoms with van der Waals surface area (Å²) in [4.78, 5) is 15.6. The number of ether oxygens (including phenoxy) is 1. The molecule has 0 aliphatic rings. The van der Waals surface area contributed by atoms with Gasteiger partial charge in [-0.1, -0.05) is 6.58 Å². The van der Waals surface area contributed by atoms with Crippen molar-refractivity contribution in [2.24, 2.45) is 0 Å². The number of aryl methyl sites for hydroxylation is 1. The Bertz CT molecular complexity index is 388. The van der Waals surface area contributed by atoms with Gasteiger partial charge in [-0.05, 0) is 13.8 Å². The number of carbonyl (C=O) groups excluding carboxylic acids is 1. The fraction of sp³-hybridized carbons (Fsp3) is 0.500. The molecule has 1 rings (SSSR count). The lowest BCUT2D eigenvalue weighted by atomic mass is 10.3. The maximum absolute atomic E-state index is 11.2. The highest BCUT2D eigenvalue weighted by atomic mass is 32.1. The summed E-state index contributed by atoms with van der Waals surface area (Å²) in [6, 6.07) is 0. The zero-order chi connectivity index (χ0) is 12.7. The summed E-state index contributed by atoms with van der Waals surface area (Å²) in [6.07, 6.45) is 0.862. The first kappa shape index (κ1) is 13.9. The summed E-state index contributed by atoms with van der Waals surface area (Å²) in [7, 11) is 0. The van der Waals surface area contributed by atoms with Crippen LogP contribution in [0.1, 0.15) is 17.6 Å². The number of hydrogen-bond acceptors (Lipinski definition) is 5. The highest BCUT2D eigenvalue weighted by Crippen LogP contribution is 2.07. The monoisotopic (exact) mass is 254 g/mol. The van der Waals surface area contributed by atoms with Gasteiger partial charge in [0.25, 0.3) is 0 Å². The average Bonchev–Trinajstić information content (AvgIpc) is 2.70. The molecule has 0 aliphatic carbocycles. The van der Waals surface area contributed by atoms with Crippen LogP contribution in [0.4, 0.5) is 0 Å². The van der Waals surface area contributed by atoms with E-state index in [0.717, 1.165) is 23.7 Å². The predicted molar refractivity (Wildman–Crippen MR) is 69.2 cm³/mol. The van der Waals surface area contributed by atoms with Gasteiger partial charge in [-0.25, -0.2) is 9.78 Å². The Labute approximate surface area is 106 Å². The first-order valence-corrected chi connectivity index (χ1v) is 6.48. The van der Waals surface area contributed by atoms with Crippen molar-refractivity contribution >= 4 is 17.3 Å². The number of thiazole rings is 1. The molecule has 0 unspecified atom stereocenters. The Kier molecular flexibility index (Phi) is 5.86. The van der Waals surface area contributed by atoms with Gasteiger partial charge in [-0.2, -0.15) is 0 Å². The van der Waals surface area contributed by atoms with Crippen molar-refractivity contribution in [1.82, 2.24) is 10.3 Å². The second kappa shape index (κ2) is 7.19. The molecular weight excluding hydrogens is 236 g/mol. The van der Waals surface area contributed by atoms with E-state index in [1.165, 1.54) is 0 Å². The van der Waals surface area contributed by atoms with Crippen LogP contribution in [0.5, 0.6) is 0 Å². The maximum Gasteiger partial charge on any atom is 0.334 e.